The van der Waals surface area contributed by atoms with Gasteiger partial charge in [0.2, 0.25) is 5.91 Å². The van der Waals surface area contributed by atoms with Gasteiger partial charge in [0.15, 0.2) is 0 Å². The number of carbonyl (C=O) groups is 3. The number of fused-ring (bicyclic) bond motifs is 1. The largest absolute Gasteiger partial charge is 0.466 e. The number of amides is 2. The molecule has 0 unspecified atom stereocenters. The van der Waals surface area contributed by atoms with E-state index in [1.165, 1.54) is 4.90 Å². The third-order valence-corrected chi connectivity index (χ3v) is 5.64. The average molecular weight is 380 g/mol. The maximum absolute atomic E-state index is 13.2. The van der Waals surface area contributed by atoms with E-state index in [0.717, 1.165) is 23.6 Å². The molecule has 2 aliphatic heterocycles. The lowest BCUT2D eigenvalue weighted by molar-refractivity contribution is -0.150. The van der Waals surface area contributed by atoms with Gasteiger partial charge in [-0.05, 0) is 37.8 Å². The van der Waals surface area contributed by atoms with Crippen molar-refractivity contribution in [1.29, 1.82) is 0 Å². The summed E-state index contributed by atoms with van der Waals surface area (Å²) in [5.41, 5.74) is 0.634. The van der Waals surface area contributed by atoms with Gasteiger partial charge in [-0.25, -0.2) is 4.90 Å². The first-order valence-corrected chi connectivity index (χ1v) is 9.85. The molecular formula is C22H24N2O4. The van der Waals surface area contributed by atoms with Crippen LogP contribution < -0.4 is 4.90 Å². The number of rotatable bonds is 4. The summed E-state index contributed by atoms with van der Waals surface area (Å²) in [5, 5.41) is 1.87. The first-order chi connectivity index (χ1) is 13.6. The molecule has 0 N–H and O–H groups in total. The van der Waals surface area contributed by atoms with Gasteiger partial charge in [0.05, 0.1) is 30.7 Å². The first-order valence-electron chi connectivity index (χ1n) is 9.85. The molecule has 0 aromatic heterocycles. The fourth-order valence-corrected chi connectivity index (χ4v) is 4.30. The fraction of sp³-hybridized carbons (Fsp3) is 0.409. The number of benzene rings is 2. The Bertz CT molecular complexity index is 920. The maximum atomic E-state index is 13.2. The highest BCUT2D eigenvalue weighted by Crippen LogP contribution is 2.33. The second kappa shape index (κ2) is 7.72. The number of esters is 1. The first kappa shape index (κ1) is 18.6. The van der Waals surface area contributed by atoms with Crippen molar-refractivity contribution in [2.45, 2.75) is 32.2 Å². The smallest absolute Gasteiger partial charge is 0.310 e. The summed E-state index contributed by atoms with van der Waals surface area (Å²) in [7, 11) is 0. The van der Waals surface area contributed by atoms with Crippen LogP contribution >= 0.6 is 0 Å². The third-order valence-electron chi connectivity index (χ3n) is 5.64. The monoisotopic (exact) mass is 380 g/mol. The summed E-state index contributed by atoms with van der Waals surface area (Å²) in [6.45, 7) is 3.32. The van der Waals surface area contributed by atoms with Gasteiger partial charge in [-0.1, -0.05) is 36.4 Å². The van der Waals surface area contributed by atoms with Gasteiger partial charge in [0.25, 0.3) is 5.91 Å². The van der Waals surface area contributed by atoms with Crippen LogP contribution in [-0.2, 0) is 19.1 Å². The lowest BCUT2D eigenvalue weighted by Gasteiger charge is -2.34. The summed E-state index contributed by atoms with van der Waals surface area (Å²) < 4.78 is 5.15. The average Bonchev–Trinajstić information content (AvgIpc) is 3.02. The zero-order valence-corrected chi connectivity index (χ0v) is 16.0. The molecule has 2 aromatic carbocycles. The van der Waals surface area contributed by atoms with Crippen LogP contribution in [0, 0.1) is 5.92 Å². The van der Waals surface area contributed by atoms with E-state index >= 15 is 0 Å². The highest BCUT2D eigenvalue weighted by molar-refractivity contribution is 6.25. The van der Waals surface area contributed by atoms with E-state index in [0.29, 0.717) is 25.4 Å². The molecule has 146 valence electrons. The molecule has 2 heterocycles. The lowest BCUT2D eigenvalue weighted by atomic mass is 9.96. The molecule has 6 nitrogen and oxygen atoms in total. The van der Waals surface area contributed by atoms with Gasteiger partial charge in [-0.2, -0.15) is 0 Å². The van der Waals surface area contributed by atoms with Crippen LogP contribution in [0.2, 0.25) is 0 Å². The fourth-order valence-electron chi connectivity index (χ4n) is 4.30. The standard InChI is InChI=1S/C22H24N2O4/c1-2-28-22(27)16-9-6-12-23(14-16)19-13-20(25)24(21(19)26)18-11-5-8-15-7-3-4-10-17(15)18/h3-5,7-8,10-11,16,19H,2,6,9,12-14H2,1H3/t16-,19+/m0/s1. The number of ether oxygens (including phenoxy) is 1. The lowest BCUT2D eigenvalue weighted by Crippen LogP contribution is -2.48. The number of likely N-dealkylation sites (tertiary alicyclic amines) is 1. The zero-order chi connectivity index (χ0) is 19.7. The molecule has 0 spiro atoms. The minimum absolute atomic E-state index is 0.150. The minimum Gasteiger partial charge on any atom is -0.466 e. The second-order valence-corrected chi connectivity index (χ2v) is 7.37. The Morgan fingerprint density at radius 1 is 1.14 bits per heavy atom. The Kier molecular flexibility index (Phi) is 5.13. The number of nitrogens with zero attached hydrogens (tertiary/aromatic N) is 2. The van der Waals surface area contributed by atoms with Crippen molar-refractivity contribution in [3.8, 4) is 0 Å². The van der Waals surface area contributed by atoms with Crippen molar-refractivity contribution in [2.75, 3.05) is 24.6 Å². The van der Waals surface area contributed by atoms with Gasteiger partial charge in [-0.3, -0.25) is 19.3 Å². The number of imide groups is 1. The number of hydrogen-bond donors (Lipinski definition) is 0. The predicted molar refractivity (Wildman–Crippen MR) is 106 cm³/mol. The van der Waals surface area contributed by atoms with Crippen molar-refractivity contribution < 1.29 is 19.1 Å². The van der Waals surface area contributed by atoms with Gasteiger partial charge < -0.3 is 4.74 Å². The van der Waals surface area contributed by atoms with E-state index in [9.17, 15) is 14.4 Å². The molecule has 6 heteroatoms. The van der Waals surface area contributed by atoms with Crippen LogP contribution in [0.3, 0.4) is 0 Å². The topological polar surface area (TPSA) is 66.9 Å². The van der Waals surface area contributed by atoms with Crippen molar-refractivity contribution >= 4 is 34.2 Å². The predicted octanol–water partition coefficient (Wildman–Crippen LogP) is 2.75. The molecule has 0 saturated carbocycles. The molecule has 2 aliphatic rings. The quantitative estimate of drug-likeness (QED) is 0.603. The van der Waals surface area contributed by atoms with E-state index < -0.39 is 6.04 Å². The number of carbonyl (C=O) groups excluding carboxylic acids is 3. The van der Waals surface area contributed by atoms with Crippen molar-refractivity contribution in [1.82, 2.24) is 4.90 Å². The number of anilines is 1. The molecule has 4 rings (SSSR count). The SMILES string of the molecule is CCOC(=O)[C@H]1CCCN([C@@H]2CC(=O)N(c3cccc4ccccc34)C2=O)C1. The second-order valence-electron chi connectivity index (χ2n) is 7.37. The maximum Gasteiger partial charge on any atom is 0.310 e. The van der Waals surface area contributed by atoms with Crippen LogP contribution in [-0.4, -0.2) is 48.4 Å². The van der Waals surface area contributed by atoms with E-state index in [1.54, 1.807) is 6.92 Å². The highest BCUT2D eigenvalue weighted by Gasteiger charge is 2.44. The highest BCUT2D eigenvalue weighted by atomic mass is 16.5. The summed E-state index contributed by atoms with van der Waals surface area (Å²) >= 11 is 0. The van der Waals surface area contributed by atoms with Crippen molar-refractivity contribution in [2.24, 2.45) is 5.92 Å². The molecule has 2 aromatic rings. The number of piperidine rings is 1. The normalized spacial score (nSPS) is 23.4. The summed E-state index contributed by atoms with van der Waals surface area (Å²) in [4.78, 5) is 41.4. The van der Waals surface area contributed by atoms with Crippen LogP contribution in [0.25, 0.3) is 10.8 Å². The van der Waals surface area contributed by atoms with Gasteiger partial charge >= 0.3 is 5.97 Å². The van der Waals surface area contributed by atoms with Gasteiger partial charge in [-0.15, -0.1) is 0 Å². The van der Waals surface area contributed by atoms with Crippen LogP contribution in [0.1, 0.15) is 26.2 Å². The third kappa shape index (κ3) is 3.29. The van der Waals surface area contributed by atoms with Crippen LogP contribution in [0.15, 0.2) is 42.5 Å². The van der Waals surface area contributed by atoms with Gasteiger partial charge in [0, 0.05) is 11.9 Å². The number of hydrogen-bond acceptors (Lipinski definition) is 5. The Balaban J connectivity index is 1.58. The Hall–Kier alpha value is -2.73. The minimum atomic E-state index is -0.510. The van der Waals surface area contributed by atoms with E-state index in [4.69, 9.17) is 4.74 Å². The molecule has 2 amide bonds. The van der Waals surface area contributed by atoms with E-state index in [2.05, 4.69) is 0 Å². The van der Waals surface area contributed by atoms with Crippen molar-refractivity contribution in [3.05, 3.63) is 42.5 Å². The van der Waals surface area contributed by atoms with Crippen LogP contribution in [0.4, 0.5) is 5.69 Å². The summed E-state index contributed by atoms with van der Waals surface area (Å²) in [6, 6.07) is 12.9. The van der Waals surface area contributed by atoms with Crippen molar-refractivity contribution in [3.63, 3.8) is 0 Å². The molecule has 2 saturated heterocycles. The van der Waals surface area contributed by atoms with E-state index in [-0.39, 0.29) is 30.1 Å². The molecule has 0 radical (unpaired) electrons. The zero-order valence-electron chi connectivity index (χ0n) is 16.0. The molecular weight excluding hydrogens is 356 g/mol. The van der Waals surface area contributed by atoms with E-state index in [1.807, 2.05) is 47.4 Å². The molecule has 28 heavy (non-hydrogen) atoms. The Morgan fingerprint density at radius 3 is 2.75 bits per heavy atom. The molecule has 2 atom stereocenters. The molecule has 2 fully saturated rings. The molecule has 0 aliphatic carbocycles. The summed E-state index contributed by atoms with van der Waals surface area (Å²) in [6.07, 6.45) is 1.73. The van der Waals surface area contributed by atoms with Gasteiger partial charge in [0.1, 0.15) is 0 Å². The van der Waals surface area contributed by atoms with Crippen LogP contribution in [0.5, 0.6) is 0 Å². The Labute approximate surface area is 164 Å². The summed E-state index contributed by atoms with van der Waals surface area (Å²) in [5.74, 6) is -0.839. The Morgan fingerprint density at radius 2 is 1.93 bits per heavy atom. The molecule has 0 bridgehead atoms.